The van der Waals surface area contributed by atoms with Crippen molar-refractivity contribution >= 4 is 39.6 Å². The van der Waals surface area contributed by atoms with Crippen LogP contribution in [-0.4, -0.2) is 8.07 Å². The fourth-order valence-corrected chi connectivity index (χ4v) is 10.5. The van der Waals surface area contributed by atoms with Crippen LogP contribution < -0.4 is 20.7 Å². The van der Waals surface area contributed by atoms with Gasteiger partial charge in [-0.25, -0.2) is 0 Å². The molecule has 1 aliphatic heterocycles. The molecule has 0 bridgehead atoms. The molecule has 0 saturated heterocycles. The van der Waals surface area contributed by atoms with Crippen LogP contribution in [0.2, 0.25) is 0 Å². The predicted octanol–water partition coefficient (Wildman–Crippen LogP) is 4.51. The van der Waals surface area contributed by atoms with Gasteiger partial charge in [-0.3, -0.25) is 0 Å². The van der Waals surface area contributed by atoms with E-state index < -0.39 is 8.07 Å². The number of hydrogen-bond acceptors (Lipinski definition) is 0. The fourth-order valence-electron chi connectivity index (χ4n) is 5.38. The van der Waals surface area contributed by atoms with Crippen LogP contribution in [0.3, 0.4) is 0 Å². The Kier molecular flexibility index (Phi) is 3.81. The van der Waals surface area contributed by atoms with E-state index in [0.717, 1.165) is 0 Å². The fraction of sp³-hybridized carbons (Fsp3) is 0.0345. The molecular weight excluding hydrogens is 376 g/mol. The molecule has 0 aromatic heterocycles. The van der Waals surface area contributed by atoms with Gasteiger partial charge in [0.05, 0.1) is 0 Å². The van der Waals surface area contributed by atoms with Crippen LogP contribution in [0.15, 0.2) is 115 Å². The summed E-state index contributed by atoms with van der Waals surface area (Å²) in [6.07, 6.45) is 0. The van der Waals surface area contributed by atoms with E-state index in [9.17, 15) is 0 Å². The maximum absolute atomic E-state index is 2.42. The maximum Gasteiger partial charge on any atom is 0.180 e. The highest BCUT2D eigenvalue weighted by Gasteiger charge is 2.48. The summed E-state index contributed by atoms with van der Waals surface area (Å²) in [6.45, 7) is 2.21. The maximum atomic E-state index is 2.42. The van der Waals surface area contributed by atoms with Gasteiger partial charge in [0, 0.05) is 0 Å². The third kappa shape index (κ3) is 2.27. The molecule has 0 unspecified atom stereocenters. The van der Waals surface area contributed by atoms with E-state index in [1.807, 2.05) is 0 Å². The quantitative estimate of drug-likeness (QED) is 0.377. The molecule has 1 aliphatic rings. The Morgan fingerprint density at radius 1 is 0.533 bits per heavy atom. The Balaban J connectivity index is 1.86. The van der Waals surface area contributed by atoms with Crippen molar-refractivity contribution in [1.29, 1.82) is 0 Å². The summed E-state index contributed by atoms with van der Waals surface area (Å²) in [4.78, 5) is 0. The monoisotopic (exact) mass is 398 g/mol. The zero-order valence-corrected chi connectivity index (χ0v) is 18.0. The average Bonchev–Trinajstić information content (AvgIpc) is 3.11. The summed E-state index contributed by atoms with van der Waals surface area (Å²) in [5, 5.41) is 8.61. The lowest BCUT2D eigenvalue weighted by molar-refractivity contribution is 1.49. The third-order valence-corrected chi connectivity index (χ3v) is 11.5. The SMILES string of the molecule is Cc1ccc2c(c1)-c1c(ccc3ccccc13)[Si]2(c1ccccc1)c1ccccc1. The van der Waals surface area contributed by atoms with Gasteiger partial charge in [0.25, 0.3) is 0 Å². The molecule has 0 radical (unpaired) electrons. The van der Waals surface area contributed by atoms with Crippen molar-refractivity contribution in [2.24, 2.45) is 0 Å². The van der Waals surface area contributed by atoms with E-state index in [0.29, 0.717) is 0 Å². The Morgan fingerprint density at radius 2 is 1.13 bits per heavy atom. The molecule has 0 spiro atoms. The van der Waals surface area contributed by atoms with Crippen LogP contribution in [0.1, 0.15) is 5.56 Å². The number of benzene rings is 5. The van der Waals surface area contributed by atoms with Gasteiger partial charge in [-0.05, 0) is 49.6 Å². The molecule has 0 amide bonds. The molecule has 30 heavy (non-hydrogen) atoms. The summed E-state index contributed by atoms with van der Waals surface area (Å²) in [5.74, 6) is 0. The van der Waals surface area contributed by atoms with Crippen molar-refractivity contribution in [2.45, 2.75) is 6.92 Å². The van der Waals surface area contributed by atoms with E-state index in [1.165, 1.54) is 48.2 Å². The normalized spacial score (nSPS) is 13.8. The molecule has 5 aromatic carbocycles. The largest absolute Gasteiger partial charge is 0.180 e. The van der Waals surface area contributed by atoms with Crippen molar-refractivity contribution < 1.29 is 0 Å². The van der Waals surface area contributed by atoms with Crippen LogP contribution in [-0.2, 0) is 0 Å². The molecule has 6 rings (SSSR count). The van der Waals surface area contributed by atoms with Crippen LogP contribution in [0.5, 0.6) is 0 Å². The Morgan fingerprint density at radius 3 is 1.83 bits per heavy atom. The Bertz CT molecular complexity index is 1350. The molecule has 0 atom stereocenters. The molecule has 5 aromatic rings. The van der Waals surface area contributed by atoms with Crippen molar-refractivity contribution in [3.8, 4) is 11.1 Å². The van der Waals surface area contributed by atoms with Crippen molar-refractivity contribution in [3.05, 3.63) is 121 Å². The molecule has 0 aliphatic carbocycles. The number of rotatable bonds is 2. The first kappa shape index (κ1) is 17.4. The minimum atomic E-state index is -2.37. The second-order valence-corrected chi connectivity index (χ2v) is 12.0. The van der Waals surface area contributed by atoms with Gasteiger partial charge < -0.3 is 0 Å². The summed E-state index contributed by atoms with van der Waals surface area (Å²) in [7, 11) is -2.37. The standard InChI is InChI=1S/C29H22Si/c1-21-16-18-27-26(20-21)29-25-15-9-8-10-22(25)17-19-28(29)30(27,23-11-4-2-5-12-23)24-13-6-3-7-14-24/h2-20H,1H3. The number of aryl methyl sites for hydroxylation is 1. The summed E-state index contributed by atoms with van der Waals surface area (Å²) < 4.78 is 0. The first-order chi connectivity index (χ1) is 14.8. The van der Waals surface area contributed by atoms with Crippen LogP contribution in [0.25, 0.3) is 21.9 Å². The second kappa shape index (κ2) is 6.55. The lowest BCUT2D eigenvalue weighted by Crippen LogP contribution is -2.72. The lowest BCUT2D eigenvalue weighted by atomic mass is 9.97. The Labute approximate surface area is 178 Å². The number of hydrogen-bond donors (Lipinski definition) is 0. The lowest BCUT2D eigenvalue weighted by Gasteiger charge is -2.31. The van der Waals surface area contributed by atoms with Crippen LogP contribution in [0, 0.1) is 6.92 Å². The van der Waals surface area contributed by atoms with E-state index in [-0.39, 0.29) is 0 Å². The van der Waals surface area contributed by atoms with E-state index in [2.05, 4.69) is 122 Å². The molecule has 142 valence electrons. The summed E-state index contributed by atoms with van der Waals surface area (Å²) in [6, 6.07) is 43.1. The molecule has 0 N–H and O–H groups in total. The highest BCUT2D eigenvalue weighted by Crippen LogP contribution is 2.34. The van der Waals surface area contributed by atoms with E-state index in [1.54, 1.807) is 0 Å². The highest BCUT2D eigenvalue weighted by molar-refractivity contribution is 7.22. The zero-order chi connectivity index (χ0) is 20.1. The Hall–Kier alpha value is -3.42. The van der Waals surface area contributed by atoms with Gasteiger partial charge in [0.1, 0.15) is 0 Å². The average molecular weight is 399 g/mol. The van der Waals surface area contributed by atoms with Crippen molar-refractivity contribution in [2.75, 3.05) is 0 Å². The van der Waals surface area contributed by atoms with Gasteiger partial charge in [0.15, 0.2) is 8.07 Å². The van der Waals surface area contributed by atoms with Crippen molar-refractivity contribution in [3.63, 3.8) is 0 Å². The van der Waals surface area contributed by atoms with Gasteiger partial charge in [-0.1, -0.05) is 121 Å². The van der Waals surface area contributed by atoms with Crippen molar-refractivity contribution in [1.82, 2.24) is 0 Å². The van der Waals surface area contributed by atoms with Gasteiger partial charge in [0.2, 0.25) is 0 Å². The van der Waals surface area contributed by atoms with Crippen LogP contribution in [0.4, 0.5) is 0 Å². The molecule has 1 heterocycles. The molecule has 0 fully saturated rings. The zero-order valence-electron chi connectivity index (χ0n) is 17.0. The molecule has 1 heteroatoms. The minimum Gasteiger partial charge on any atom is -0.0623 e. The molecule has 0 nitrogen and oxygen atoms in total. The summed E-state index contributed by atoms with van der Waals surface area (Å²) in [5.41, 5.74) is 4.17. The first-order valence-electron chi connectivity index (χ1n) is 10.5. The van der Waals surface area contributed by atoms with E-state index in [4.69, 9.17) is 0 Å². The predicted molar refractivity (Wildman–Crippen MR) is 131 cm³/mol. The minimum absolute atomic E-state index is 1.31. The highest BCUT2D eigenvalue weighted by atomic mass is 28.3. The molecular formula is C29H22Si. The van der Waals surface area contributed by atoms with Gasteiger partial charge >= 0.3 is 0 Å². The topological polar surface area (TPSA) is 0 Å². The van der Waals surface area contributed by atoms with Gasteiger partial charge in [-0.2, -0.15) is 0 Å². The molecule has 0 saturated carbocycles. The number of fused-ring (bicyclic) bond motifs is 5. The van der Waals surface area contributed by atoms with E-state index >= 15 is 0 Å². The second-order valence-electron chi connectivity index (χ2n) is 8.24. The van der Waals surface area contributed by atoms with Crippen LogP contribution >= 0.6 is 0 Å². The first-order valence-corrected chi connectivity index (χ1v) is 12.5. The third-order valence-electron chi connectivity index (χ3n) is 6.60. The summed E-state index contributed by atoms with van der Waals surface area (Å²) >= 11 is 0. The van der Waals surface area contributed by atoms with Gasteiger partial charge in [-0.15, -0.1) is 0 Å². The smallest absolute Gasteiger partial charge is 0.0623 e.